The van der Waals surface area contributed by atoms with Crippen molar-refractivity contribution in [1.29, 1.82) is 0 Å². The molecule has 7 heteroatoms. The molecule has 0 aliphatic rings. The predicted octanol–water partition coefficient (Wildman–Crippen LogP) is 4.44. The second kappa shape index (κ2) is 11.9. The van der Waals surface area contributed by atoms with Crippen LogP contribution in [0.25, 0.3) is 0 Å². The number of carbonyl (C=O) groups is 2. The van der Waals surface area contributed by atoms with Crippen molar-refractivity contribution >= 4 is 12.1 Å². The molecule has 7 nitrogen and oxygen atoms in total. The van der Waals surface area contributed by atoms with Crippen molar-refractivity contribution in [3.63, 3.8) is 0 Å². The minimum atomic E-state index is -1.09. The molecule has 0 bridgehead atoms. The number of aliphatic hydroxyl groups is 1. The standard InChI is InChI=1S/C27H37NO6/c1-17-18(2)24(33-6)13-12-20(17)15-21(25(30)31)16-23(29)22(14-19-10-8-7-9-11-19)28-26(32)34-27(3,4)5/h7-13,21-23,29H,14-16H2,1-6H3,(H,28,32)(H,30,31)/t21-,22+,23+/m1/s1. The molecule has 0 unspecified atom stereocenters. The van der Waals surface area contributed by atoms with Gasteiger partial charge in [-0.1, -0.05) is 36.4 Å². The van der Waals surface area contributed by atoms with Gasteiger partial charge in [-0.3, -0.25) is 4.79 Å². The summed E-state index contributed by atoms with van der Waals surface area (Å²) in [5, 5.41) is 23.7. The lowest BCUT2D eigenvalue weighted by atomic mass is 9.87. The highest BCUT2D eigenvalue weighted by molar-refractivity contribution is 5.71. The Morgan fingerprint density at radius 3 is 2.21 bits per heavy atom. The molecule has 2 aromatic carbocycles. The summed E-state index contributed by atoms with van der Waals surface area (Å²) in [5.74, 6) is -1.08. The number of rotatable bonds is 10. The lowest BCUT2D eigenvalue weighted by Crippen LogP contribution is -2.47. The minimum Gasteiger partial charge on any atom is -0.496 e. The van der Waals surface area contributed by atoms with Crippen LogP contribution in [-0.4, -0.2) is 47.1 Å². The fraction of sp³-hybridized carbons (Fsp3) is 0.481. The van der Waals surface area contributed by atoms with E-state index in [1.807, 2.05) is 56.3 Å². The summed E-state index contributed by atoms with van der Waals surface area (Å²) in [4.78, 5) is 24.5. The molecule has 0 spiro atoms. The second-order valence-corrected chi connectivity index (χ2v) is 9.66. The number of carboxylic acid groups (broad SMARTS) is 1. The first kappa shape index (κ1) is 27.2. The van der Waals surface area contributed by atoms with E-state index in [9.17, 15) is 19.8 Å². The molecule has 0 aliphatic heterocycles. The first-order valence-corrected chi connectivity index (χ1v) is 11.5. The maximum absolute atomic E-state index is 12.4. The molecule has 3 N–H and O–H groups in total. The monoisotopic (exact) mass is 471 g/mol. The van der Waals surface area contributed by atoms with E-state index in [2.05, 4.69) is 5.32 Å². The van der Waals surface area contributed by atoms with E-state index in [1.54, 1.807) is 27.9 Å². The smallest absolute Gasteiger partial charge is 0.407 e. The van der Waals surface area contributed by atoms with Gasteiger partial charge >= 0.3 is 12.1 Å². The zero-order chi connectivity index (χ0) is 25.5. The van der Waals surface area contributed by atoms with Gasteiger partial charge in [-0.05, 0) is 82.2 Å². The molecule has 0 saturated heterocycles. The normalized spacial score (nSPS) is 14.1. The van der Waals surface area contributed by atoms with E-state index >= 15 is 0 Å². The van der Waals surface area contributed by atoms with E-state index in [1.165, 1.54) is 0 Å². The maximum Gasteiger partial charge on any atom is 0.407 e. The number of carboxylic acids is 1. The first-order valence-electron chi connectivity index (χ1n) is 11.5. The molecule has 0 saturated carbocycles. The van der Waals surface area contributed by atoms with Gasteiger partial charge in [-0.15, -0.1) is 0 Å². The van der Waals surface area contributed by atoms with Crippen molar-refractivity contribution in [2.75, 3.05) is 7.11 Å². The SMILES string of the molecule is COc1ccc(C[C@H](C[C@H](O)[C@H](Cc2ccccc2)NC(=O)OC(C)(C)C)C(=O)O)c(C)c1C. The minimum absolute atomic E-state index is 0.0207. The van der Waals surface area contributed by atoms with Crippen molar-refractivity contribution in [2.24, 2.45) is 5.92 Å². The Labute approximate surface area is 202 Å². The van der Waals surface area contributed by atoms with Crippen LogP contribution in [0, 0.1) is 19.8 Å². The number of carbonyl (C=O) groups excluding carboxylic acids is 1. The lowest BCUT2D eigenvalue weighted by Gasteiger charge is -2.28. The molecular formula is C27H37NO6. The Hall–Kier alpha value is -3.06. The summed E-state index contributed by atoms with van der Waals surface area (Å²) in [5.41, 5.74) is 3.03. The molecule has 186 valence electrons. The quantitative estimate of drug-likeness (QED) is 0.473. The Kier molecular flexibility index (Phi) is 9.50. The summed E-state index contributed by atoms with van der Waals surface area (Å²) in [7, 11) is 1.60. The van der Waals surface area contributed by atoms with Crippen LogP contribution in [-0.2, 0) is 22.4 Å². The number of aliphatic hydroxyl groups excluding tert-OH is 1. The third-order valence-electron chi connectivity index (χ3n) is 5.88. The van der Waals surface area contributed by atoms with Crippen molar-refractivity contribution < 1.29 is 29.3 Å². The Balaban J connectivity index is 2.22. The lowest BCUT2D eigenvalue weighted by molar-refractivity contribution is -0.143. The first-order chi connectivity index (χ1) is 15.9. The molecule has 2 rings (SSSR count). The van der Waals surface area contributed by atoms with Crippen LogP contribution < -0.4 is 10.1 Å². The van der Waals surface area contributed by atoms with Gasteiger partial charge in [0.05, 0.1) is 25.2 Å². The number of nitrogens with one attached hydrogen (secondary N) is 1. The number of ether oxygens (including phenoxy) is 2. The average Bonchev–Trinajstić information content (AvgIpc) is 2.75. The molecule has 2 aromatic rings. The van der Waals surface area contributed by atoms with Crippen LogP contribution in [0.4, 0.5) is 4.79 Å². The molecule has 0 fully saturated rings. The number of methoxy groups -OCH3 is 1. The Morgan fingerprint density at radius 1 is 1.00 bits per heavy atom. The van der Waals surface area contributed by atoms with Crippen molar-refractivity contribution in [3.05, 3.63) is 64.7 Å². The van der Waals surface area contributed by atoms with Crippen LogP contribution in [0.15, 0.2) is 42.5 Å². The summed E-state index contributed by atoms with van der Waals surface area (Å²) in [6.07, 6.45) is -1.16. The van der Waals surface area contributed by atoms with E-state index in [-0.39, 0.29) is 12.8 Å². The highest BCUT2D eigenvalue weighted by Crippen LogP contribution is 2.27. The summed E-state index contributed by atoms with van der Waals surface area (Å²) >= 11 is 0. The van der Waals surface area contributed by atoms with Gasteiger partial charge in [0.15, 0.2) is 0 Å². The average molecular weight is 472 g/mol. The summed E-state index contributed by atoms with van der Waals surface area (Å²) < 4.78 is 10.7. The van der Waals surface area contributed by atoms with E-state index in [4.69, 9.17) is 9.47 Å². The Bertz CT molecular complexity index is 967. The number of aliphatic carboxylic acids is 1. The third kappa shape index (κ3) is 8.06. The van der Waals surface area contributed by atoms with E-state index in [0.29, 0.717) is 6.42 Å². The number of alkyl carbamates (subject to hydrolysis) is 1. The summed E-state index contributed by atoms with van der Waals surface area (Å²) in [6, 6.07) is 12.4. The molecule has 3 atom stereocenters. The fourth-order valence-corrected chi connectivity index (χ4v) is 3.90. The van der Waals surface area contributed by atoms with Crippen molar-refractivity contribution in [1.82, 2.24) is 5.32 Å². The Morgan fingerprint density at radius 2 is 1.65 bits per heavy atom. The van der Waals surface area contributed by atoms with Gasteiger partial charge in [0.2, 0.25) is 0 Å². The van der Waals surface area contributed by atoms with Gasteiger partial charge < -0.3 is 25.0 Å². The van der Waals surface area contributed by atoms with Crippen LogP contribution in [0.1, 0.15) is 49.4 Å². The number of hydrogen-bond acceptors (Lipinski definition) is 5. The highest BCUT2D eigenvalue weighted by Gasteiger charge is 2.30. The molecule has 34 heavy (non-hydrogen) atoms. The van der Waals surface area contributed by atoms with Gasteiger partial charge in [0, 0.05) is 0 Å². The number of benzene rings is 2. The van der Waals surface area contributed by atoms with Crippen molar-refractivity contribution in [2.45, 2.75) is 71.6 Å². The predicted molar refractivity (Wildman–Crippen MR) is 131 cm³/mol. The molecule has 1 amide bonds. The van der Waals surface area contributed by atoms with Crippen LogP contribution >= 0.6 is 0 Å². The van der Waals surface area contributed by atoms with Crippen LogP contribution in [0.5, 0.6) is 5.75 Å². The number of amides is 1. The molecule has 0 aliphatic carbocycles. The largest absolute Gasteiger partial charge is 0.496 e. The highest BCUT2D eigenvalue weighted by atomic mass is 16.6. The summed E-state index contributed by atoms with van der Waals surface area (Å²) in [6.45, 7) is 9.15. The van der Waals surface area contributed by atoms with Gasteiger partial charge in [0.1, 0.15) is 11.4 Å². The zero-order valence-corrected chi connectivity index (χ0v) is 20.9. The second-order valence-electron chi connectivity index (χ2n) is 9.66. The van der Waals surface area contributed by atoms with Gasteiger partial charge in [-0.2, -0.15) is 0 Å². The molecule has 0 radical (unpaired) electrons. The number of hydrogen-bond donors (Lipinski definition) is 3. The maximum atomic E-state index is 12.4. The van der Waals surface area contributed by atoms with Crippen LogP contribution in [0.2, 0.25) is 0 Å². The molecule has 0 aromatic heterocycles. The zero-order valence-electron chi connectivity index (χ0n) is 20.9. The topological polar surface area (TPSA) is 105 Å². The van der Waals surface area contributed by atoms with Crippen LogP contribution in [0.3, 0.4) is 0 Å². The fourth-order valence-electron chi connectivity index (χ4n) is 3.90. The van der Waals surface area contributed by atoms with Gasteiger partial charge in [0.25, 0.3) is 0 Å². The molecule has 0 heterocycles. The third-order valence-corrected chi connectivity index (χ3v) is 5.88. The van der Waals surface area contributed by atoms with E-state index in [0.717, 1.165) is 28.0 Å². The molecular weight excluding hydrogens is 434 g/mol. The van der Waals surface area contributed by atoms with E-state index < -0.39 is 35.7 Å². The van der Waals surface area contributed by atoms with Crippen molar-refractivity contribution in [3.8, 4) is 5.75 Å². The van der Waals surface area contributed by atoms with Gasteiger partial charge in [-0.25, -0.2) is 4.79 Å².